The smallest absolute Gasteiger partial charge is 0.410 e. The molecule has 0 N–H and O–H groups in total. The Morgan fingerprint density at radius 1 is 1.43 bits per heavy atom. The second-order valence-electron chi connectivity index (χ2n) is 6.70. The largest absolute Gasteiger partial charge is 0.444 e. The van der Waals surface area contributed by atoms with Crippen molar-refractivity contribution in [3.63, 3.8) is 0 Å². The van der Waals surface area contributed by atoms with Gasteiger partial charge in [0.05, 0.1) is 4.92 Å². The highest BCUT2D eigenvalue weighted by molar-refractivity contribution is 5.69. The number of anilines is 1. The van der Waals surface area contributed by atoms with Crippen molar-refractivity contribution in [3.05, 3.63) is 16.3 Å². The molecule has 128 valence electrons. The molecule has 0 spiro atoms. The van der Waals surface area contributed by atoms with Crippen LogP contribution in [-0.2, 0) is 11.8 Å². The molecule has 0 aliphatic carbocycles. The minimum atomic E-state index is -0.547. The topological polar surface area (TPSA) is 93.7 Å². The highest BCUT2D eigenvalue weighted by Gasteiger charge is 2.34. The zero-order valence-electron chi connectivity index (χ0n) is 14.1. The van der Waals surface area contributed by atoms with Crippen LogP contribution in [0.4, 0.5) is 16.3 Å². The van der Waals surface area contributed by atoms with Crippen molar-refractivity contribution in [2.45, 2.75) is 39.3 Å². The molecule has 0 radical (unpaired) electrons. The van der Waals surface area contributed by atoms with E-state index in [1.165, 1.54) is 10.9 Å². The van der Waals surface area contributed by atoms with Crippen molar-refractivity contribution < 1.29 is 14.5 Å². The van der Waals surface area contributed by atoms with E-state index in [-0.39, 0.29) is 17.8 Å². The van der Waals surface area contributed by atoms with E-state index in [4.69, 9.17) is 4.74 Å². The van der Waals surface area contributed by atoms with Crippen LogP contribution in [0.15, 0.2) is 6.20 Å². The number of piperazine rings is 1. The van der Waals surface area contributed by atoms with E-state index in [1.807, 2.05) is 32.6 Å². The lowest BCUT2D eigenvalue weighted by Crippen LogP contribution is -2.55. The van der Waals surface area contributed by atoms with Crippen molar-refractivity contribution >= 4 is 17.6 Å². The SMILES string of the molecule is CC1CN(c2c([N+](=O)[O-])cnn2C)CCN1C(=O)OC(C)(C)C. The minimum absolute atomic E-state index is 0.0228. The standard InChI is InChI=1S/C14H23N5O4/c1-10-9-17(12-11(19(21)22)8-15-16(12)5)6-7-18(10)13(20)23-14(2,3)4/h8,10H,6-7,9H2,1-5H3. The molecule has 2 rings (SSSR count). The number of rotatable bonds is 2. The molecule has 1 saturated heterocycles. The lowest BCUT2D eigenvalue weighted by Gasteiger charge is -2.40. The average Bonchev–Trinajstić information content (AvgIpc) is 2.78. The molecule has 1 fully saturated rings. The number of hydrogen-bond acceptors (Lipinski definition) is 6. The van der Waals surface area contributed by atoms with Crippen LogP contribution in [0.1, 0.15) is 27.7 Å². The average molecular weight is 325 g/mol. The Morgan fingerprint density at radius 3 is 2.61 bits per heavy atom. The Labute approximate surface area is 134 Å². The monoisotopic (exact) mass is 325 g/mol. The summed E-state index contributed by atoms with van der Waals surface area (Å²) in [5, 5.41) is 15.1. The Balaban J connectivity index is 2.12. The third-order valence-electron chi connectivity index (χ3n) is 3.64. The van der Waals surface area contributed by atoms with Crippen LogP contribution < -0.4 is 4.90 Å². The molecule has 9 heteroatoms. The van der Waals surface area contributed by atoms with Crippen LogP contribution in [0.5, 0.6) is 0 Å². The van der Waals surface area contributed by atoms with Gasteiger partial charge in [0.2, 0.25) is 5.82 Å². The molecule has 1 aromatic heterocycles. The van der Waals surface area contributed by atoms with Gasteiger partial charge in [-0.05, 0) is 27.7 Å². The summed E-state index contributed by atoms with van der Waals surface area (Å²) in [6.45, 7) is 8.79. The summed E-state index contributed by atoms with van der Waals surface area (Å²) in [7, 11) is 1.67. The van der Waals surface area contributed by atoms with Crippen LogP contribution in [0.25, 0.3) is 0 Å². The quantitative estimate of drug-likeness (QED) is 0.607. The van der Waals surface area contributed by atoms with Gasteiger partial charge in [0.25, 0.3) is 0 Å². The Hall–Kier alpha value is -2.32. The number of carbonyl (C=O) groups is 1. The van der Waals surface area contributed by atoms with E-state index < -0.39 is 10.5 Å². The van der Waals surface area contributed by atoms with E-state index >= 15 is 0 Å². The first-order chi connectivity index (χ1) is 10.6. The van der Waals surface area contributed by atoms with Crippen molar-refractivity contribution in [2.24, 2.45) is 7.05 Å². The number of ether oxygens (including phenoxy) is 1. The van der Waals surface area contributed by atoms with Gasteiger partial charge in [-0.25, -0.2) is 9.48 Å². The molecule has 0 aromatic carbocycles. The van der Waals surface area contributed by atoms with Gasteiger partial charge in [0, 0.05) is 32.7 Å². The maximum Gasteiger partial charge on any atom is 0.410 e. The van der Waals surface area contributed by atoms with E-state index in [2.05, 4.69) is 5.10 Å². The van der Waals surface area contributed by atoms with Gasteiger partial charge >= 0.3 is 11.8 Å². The highest BCUT2D eigenvalue weighted by atomic mass is 16.6. The molecule has 1 aliphatic rings. The first-order valence-corrected chi connectivity index (χ1v) is 7.51. The number of carbonyl (C=O) groups excluding carboxylic acids is 1. The Bertz CT molecular complexity index is 607. The molecular weight excluding hydrogens is 302 g/mol. The lowest BCUT2D eigenvalue weighted by molar-refractivity contribution is -0.384. The van der Waals surface area contributed by atoms with E-state index in [1.54, 1.807) is 11.9 Å². The summed E-state index contributed by atoms with van der Waals surface area (Å²) < 4.78 is 6.90. The van der Waals surface area contributed by atoms with Crippen LogP contribution in [0.3, 0.4) is 0 Å². The van der Waals surface area contributed by atoms with Crippen LogP contribution in [-0.4, -0.2) is 57.0 Å². The summed E-state index contributed by atoms with van der Waals surface area (Å²) in [6.07, 6.45) is 0.893. The zero-order chi connectivity index (χ0) is 17.4. The summed E-state index contributed by atoms with van der Waals surface area (Å²) >= 11 is 0. The first kappa shape index (κ1) is 17.0. The van der Waals surface area contributed by atoms with E-state index in [9.17, 15) is 14.9 Å². The highest BCUT2D eigenvalue weighted by Crippen LogP contribution is 2.29. The fourth-order valence-corrected chi connectivity index (χ4v) is 2.66. The number of aryl methyl sites for hydroxylation is 1. The number of nitro groups is 1. The zero-order valence-corrected chi connectivity index (χ0v) is 14.1. The lowest BCUT2D eigenvalue weighted by atomic mass is 10.2. The third kappa shape index (κ3) is 3.72. The molecule has 1 aliphatic heterocycles. The van der Waals surface area contributed by atoms with Crippen LogP contribution in [0, 0.1) is 10.1 Å². The molecular formula is C14H23N5O4. The van der Waals surface area contributed by atoms with Crippen molar-refractivity contribution in [1.29, 1.82) is 0 Å². The van der Waals surface area contributed by atoms with Crippen LogP contribution >= 0.6 is 0 Å². The molecule has 1 atom stereocenters. The predicted molar refractivity (Wildman–Crippen MR) is 84.5 cm³/mol. The van der Waals surface area contributed by atoms with Crippen molar-refractivity contribution in [3.8, 4) is 0 Å². The molecule has 0 bridgehead atoms. The normalized spacial score (nSPS) is 18.9. The molecule has 0 saturated carbocycles. The maximum atomic E-state index is 12.2. The van der Waals surface area contributed by atoms with E-state index in [0.29, 0.717) is 25.5 Å². The molecule has 2 heterocycles. The number of aromatic nitrogens is 2. The number of nitrogens with zero attached hydrogens (tertiary/aromatic N) is 5. The van der Waals surface area contributed by atoms with Crippen LogP contribution in [0.2, 0.25) is 0 Å². The second-order valence-corrected chi connectivity index (χ2v) is 6.70. The fraction of sp³-hybridized carbons (Fsp3) is 0.714. The fourth-order valence-electron chi connectivity index (χ4n) is 2.66. The Kier molecular flexibility index (Phi) is 4.49. The summed E-state index contributed by atoms with van der Waals surface area (Å²) in [5.41, 5.74) is -0.570. The third-order valence-corrected chi connectivity index (χ3v) is 3.64. The molecule has 1 unspecified atom stereocenters. The molecule has 1 aromatic rings. The number of hydrogen-bond donors (Lipinski definition) is 0. The first-order valence-electron chi connectivity index (χ1n) is 7.51. The van der Waals surface area contributed by atoms with Gasteiger partial charge < -0.3 is 14.5 Å². The molecule has 23 heavy (non-hydrogen) atoms. The van der Waals surface area contributed by atoms with Crippen molar-refractivity contribution in [2.75, 3.05) is 24.5 Å². The Morgan fingerprint density at radius 2 is 2.09 bits per heavy atom. The molecule has 9 nitrogen and oxygen atoms in total. The predicted octanol–water partition coefficient (Wildman–Crippen LogP) is 1.77. The van der Waals surface area contributed by atoms with Gasteiger partial charge in [-0.1, -0.05) is 0 Å². The van der Waals surface area contributed by atoms with Gasteiger partial charge in [0.15, 0.2) is 0 Å². The minimum Gasteiger partial charge on any atom is -0.444 e. The van der Waals surface area contributed by atoms with E-state index in [0.717, 1.165) is 0 Å². The summed E-state index contributed by atoms with van der Waals surface area (Å²) in [6, 6.07) is -0.117. The number of amides is 1. The maximum absolute atomic E-state index is 12.2. The van der Waals surface area contributed by atoms with Gasteiger partial charge in [-0.3, -0.25) is 10.1 Å². The summed E-state index contributed by atoms with van der Waals surface area (Å²) in [4.78, 5) is 26.5. The van der Waals surface area contributed by atoms with Gasteiger partial charge in [0.1, 0.15) is 11.8 Å². The molecule has 1 amide bonds. The van der Waals surface area contributed by atoms with Gasteiger partial charge in [-0.2, -0.15) is 5.10 Å². The van der Waals surface area contributed by atoms with Gasteiger partial charge in [-0.15, -0.1) is 0 Å². The van der Waals surface area contributed by atoms with Crippen molar-refractivity contribution in [1.82, 2.24) is 14.7 Å². The summed E-state index contributed by atoms with van der Waals surface area (Å²) in [5.74, 6) is 0.464. The second kappa shape index (κ2) is 6.05.